The normalized spacial score (nSPS) is 17.3. The monoisotopic (exact) mass is 383 g/mol. The molecule has 23 heavy (non-hydrogen) atoms. The first-order valence-electron chi connectivity index (χ1n) is 7.18. The Kier molecular flexibility index (Phi) is 10.8. The molecule has 1 aliphatic heterocycles. The number of hydrogen-bond donors (Lipinski definition) is 2. The average molecular weight is 385 g/mol. The van der Waals surface area contributed by atoms with Crippen LogP contribution in [0.15, 0.2) is 24.3 Å². The third-order valence-corrected chi connectivity index (χ3v) is 3.84. The summed E-state index contributed by atoms with van der Waals surface area (Å²) >= 11 is 6.09. The molecule has 0 aliphatic carbocycles. The van der Waals surface area contributed by atoms with Gasteiger partial charge in [-0.25, -0.2) is 0 Å². The SMILES string of the molecule is C[C@@H](N)C(=O)NCC(c1cccc(Cl)c1)N1CCOCC1.Cl.Cl. The number of nitrogens with one attached hydrogen (secondary N) is 1. The van der Waals surface area contributed by atoms with E-state index in [4.69, 9.17) is 22.1 Å². The Bertz CT molecular complexity index is 483. The van der Waals surface area contributed by atoms with Crippen molar-refractivity contribution in [2.24, 2.45) is 5.73 Å². The minimum absolute atomic E-state index is 0. The zero-order valence-corrected chi connectivity index (χ0v) is 15.4. The van der Waals surface area contributed by atoms with Gasteiger partial charge >= 0.3 is 0 Å². The molecule has 1 heterocycles. The summed E-state index contributed by atoms with van der Waals surface area (Å²) in [7, 11) is 0. The quantitative estimate of drug-likeness (QED) is 0.815. The number of morpholine rings is 1. The first-order chi connectivity index (χ1) is 10.1. The summed E-state index contributed by atoms with van der Waals surface area (Å²) in [6, 6.07) is 7.33. The van der Waals surface area contributed by atoms with Crippen LogP contribution in [0.5, 0.6) is 0 Å². The van der Waals surface area contributed by atoms with Gasteiger partial charge < -0.3 is 15.8 Å². The summed E-state index contributed by atoms with van der Waals surface area (Å²) in [6.45, 7) is 5.28. The van der Waals surface area contributed by atoms with Gasteiger partial charge in [-0.1, -0.05) is 23.7 Å². The number of halogens is 3. The molecular weight excluding hydrogens is 361 g/mol. The number of nitrogens with two attached hydrogens (primary N) is 1. The van der Waals surface area contributed by atoms with E-state index in [1.54, 1.807) is 6.92 Å². The molecule has 0 spiro atoms. The van der Waals surface area contributed by atoms with E-state index in [0.29, 0.717) is 24.8 Å². The van der Waals surface area contributed by atoms with Crippen LogP contribution in [0.25, 0.3) is 0 Å². The highest BCUT2D eigenvalue weighted by Gasteiger charge is 2.23. The topological polar surface area (TPSA) is 67.6 Å². The number of rotatable bonds is 5. The molecule has 3 N–H and O–H groups in total. The van der Waals surface area contributed by atoms with Gasteiger partial charge in [0.1, 0.15) is 0 Å². The van der Waals surface area contributed by atoms with Crippen LogP contribution in [-0.4, -0.2) is 49.7 Å². The van der Waals surface area contributed by atoms with Crippen molar-refractivity contribution in [1.82, 2.24) is 10.2 Å². The maximum atomic E-state index is 11.7. The maximum Gasteiger partial charge on any atom is 0.236 e. The van der Waals surface area contributed by atoms with E-state index < -0.39 is 6.04 Å². The number of amides is 1. The number of hydrogen-bond acceptors (Lipinski definition) is 4. The molecule has 1 unspecified atom stereocenters. The van der Waals surface area contributed by atoms with E-state index in [9.17, 15) is 4.79 Å². The number of carbonyl (C=O) groups excluding carboxylic acids is 1. The fourth-order valence-electron chi connectivity index (χ4n) is 2.42. The molecule has 0 saturated carbocycles. The largest absolute Gasteiger partial charge is 0.379 e. The number of benzene rings is 1. The Labute approximate surface area is 154 Å². The van der Waals surface area contributed by atoms with Crippen molar-refractivity contribution in [3.63, 3.8) is 0 Å². The van der Waals surface area contributed by atoms with Crippen LogP contribution in [0.1, 0.15) is 18.5 Å². The van der Waals surface area contributed by atoms with Gasteiger partial charge in [0.05, 0.1) is 25.3 Å². The third-order valence-electron chi connectivity index (χ3n) is 3.60. The highest BCUT2D eigenvalue weighted by Crippen LogP contribution is 2.23. The Hall–Kier alpha value is -0.560. The van der Waals surface area contributed by atoms with E-state index in [1.807, 2.05) is 24.3 Å². The van der Waals surface area contributed by atoms with Crippen molar-refractivity contribution in [2.75, 3.05) is 32.8 Å². The van der Waals surface area contributed by atoms with Crippen molar-refractivity contribution in [3.05, 3.63) is 34.9 Å². The first-order valence-corrected chi connectivity index (χ1v) is 7.56. The molecule has 1 aliphatic rings. The Morgan fingerprint density at radius 3 is 2.61 bits per heavy atom. The molecule has 2 rings (SSSR count). The van der Waals surface area contributed by atoms with Crippen molar-refractivity contribution < 1.29 is 9.53 Å². The Morgan fingerprint density at radius 1 is 1.39 bits per heavy atom. The molecule has 1 fully saturated rings. The number of carbonyl (C=O) groups is 1. The lowest BCUT2D eigenvalue weighted by atomic mass is 10.0. The summed E-state index contributed by atoms with van der Waals surface area (Å²) in [5.74, 6) is -0.143. The van der Waals surface area contributed by atoms with Crippen molar-refractivity contribution in [2.45, 2.75) is 19.0 Å². The van der Waals surface area contributed by atoms with E-state index in [2.05, 4.69) is 10.2 Å². The Balaban J connectivity index is 0.00000242. The van der Waals surface area contributed by atoms with E-state index >= 15 is 0 Å². The second-order valence-electron chi connectivity index (χ2n) is 5.25. The first kappa shape index (κ1) is 22.4. The van der Waals surface area contributed by atoms with Gasteiger partial charge in [0.2, 0.25) is 5.91 Å². The lowest BCUT2D eigenvalue weighted by molar-refractivity contribution is -0.122. The van der Waals surface area contributed by atoms with Crippen LogP contribution < -0.4 is 11.1 Å². The lowest BCUT2D eigenvalue weighted by Crippen LogP contribution is -2.46. The predicted molar refractivity (Wildman–Crippen MR) is 97.7 cm³/mol. The summed E-state index contributed by atoms with van der Waals surface area (Å²) < 4.78 is 5.40. The van der Waals surface area contributed by atoms with Crippen LogP contribution in [0, 0.1) is 0 Å². The Morgan fingerprint density at radius 2 is 2.04 bits per heavy atom. The minimum Gasteiger partial charge on any atom is -0.379 e. The van der Waals surface area contributed by atoms with Crippen molar-refractivity contribution >= 4 is 42.3 Å². The van der Waals surface area contributed by atoms with Gasteiger partial charge in [0.25, 0.3) is 0 Å². The van der Waals surface area contributed by atoms with Crippen LogP contribution in [0.3, 0.4) is 0 Å². The molecule has 1 amide bonds. The van der Waals surface area contributed by atoms with Gasteiger partial charge in [-0.15, -0.1) is 24.8 Å². The molecule has 0 bridgehead atoms. The maximum absolute atomic E-state index is 11.7. The van der Waals surface area contributed by atoms with Crippen LogP contribution >= 0.6 is 36.4 Å². The second-order valence-corrected chi connectivity index (χ2v) is 5.69. The molecule has 2 atom stereocenters. The summed E-state index contributed by atoms with van der Waals surface area (Å²) in [4.78, 5) is 14.0. The van der Waals surface area contributed by atoms with Crippen LogP contribution in [0.4, 0.5) is 0 Å². The van der Waals surface area contributed by atoms with Gasteiger partial charge in [-0.2, -0.15) is 0 Å². The van der Waals surface area contributed by atoms with E-state index in [0.717, 1.165) is 18.7 Å². The van der Waals surface area contributed by atoms with Crippen LogP contribution in [-0.2, 0) is 9.53 Å². The van der Waals surface area contributed by atoms with Gasteiger partial charge in [-0.3, -0.25) is 9.69 Å². The standard InChI is InChI=1S/C15H22ClN3O2.2ClH/c1-11(17)15(20)18-10-14(19-5-7-21-8-6-19)12-3-2-4-13(16)9-12;;/h2-4,9,11,14H,5-8,10,17H2,1H3,(H,18,20);2*1H/t11-,14?;;/m1../s1. The van der Waals surface area contributed by atoms with E-state index in [-0.39, 0.29) is 36.8 Å². The molecule has 5 nitrogen and oxygen atoms in total. The van der Waals surface area contributed by atoms with Crippen LogP contribution in [0.2, 0.25) is 5.02 Å². The summed E-state index contributed by atoms with van der Waals surface area (Å²) in [6.07, 6.45) is 0. The third kappa shape index (κ3) is 6.83. The van der Waals surface area contributed by atoms with Crippen molar-refractivity contribution in [3.8, 4) is 0 Å². The zero-order valence-electron chi connectivity index (χ0n) is 13.0. The van der Waals surface area contributed by atoms with Gasteiger partial charge in [0, 0.05) is 24.7 Å². The number of ether oxygens (including phenoxy) is 1. The zero-order chi connectivity index (χ0) is 15.2. The molecule has 1 aromatic rings. The van der Waals surface area contributed by atoms with Gasteiger partial charge in [0.15, 0.2) is 0 Å². The van der Waals surface area contributed by atoms with E-state index in [1.165, 1.54) is 0 Å². The lowest BCUT2D eigenvalue weighted by Gasteiger charge is -2.35. The molecule has 0 aromatic heterocycles. The smallest absolute Gasteiger partial charge is 0.236 e. The van der Waals surface area contributed by atoms with Gasteiger partial charge in [-0.05, 0) is 24.6 Å². The average Bonchev–Trinajstić information content (AvgIpc) is 2.48. The van der Waals surface area contributed by atoms with Crippen molar-refractivity contribution in [1.29, 1.82) is 0 Å². The number of nitrogens with zero attached hydrogens (tertiary/aromatic N) is 1. The fraction of sp³-hybridized carbons (Fsp3) is 0.533. The molecule has 0 radical (unpaired) electrons. The highest BCUT2D eigenvalue weighted by atomic mass is 35.5. The predicted octanol–water partition coefficient (Wildman–Crippen LogP) is 2.02. The minimum atomic E-state index is -0.505. The highest BCUT2D eigenvalue weighted by molar-refractivity contribution is 6.30. The molecule has 132 valence electrons. The molecule has 1 saturated heterocycles. The fourth-order valence-corrected chi connectivity index (χ4v) is 2.62. The summed E-state index contributed by atoms with van der Waals surface area (Å²) in [5.41, 5.74) is 6.69. The second kappa shape index (κ2) is 11.1. The summed E-state index contributed by atoms with van der Waals surface area (Å²) in [5, 5.41) is 3.61. The molecular formula is C15H24Cl3N3O2. The molecule has 8 heteroatoms. The molecule has 1 aromatic carbocycles.